The van der Waals surface area contributed by atoms with Crippen molar-refractivity contribution in [2.75, 3.05) is 0 Å². The second-order valence-electron chi connectivity index (χ2n) is 6.85. The Balaban J connectivity index is 1.55. The Kier molecular flexibility index (Phi) is 4.75. The quantitative estimate of drug-likeness (QED) is 0.383. The average Bonchev–Trinajstić information content (AvgIpc) is 3.10. The summed E-state index contributed by atoms with van der Waals surface area (Å²) in [6, 6.07) is 5.98. The fourth-order valence-electron chi connectivity index (χ4n) is 3.68. The van der Waals surface area contributed by atoms with Crippen molar-refractivity contribution in [1.29, 1.82) is 0 Å². The molecule has 3 amide bonds. The Labute approximate surface area is 156 Å². The second kappa shape index (κ2) is 7.34. The van der Waals surface area contributed by atoms with Gasteiger partial charge in [0.25, 0.3) is 5.91 Å². The van der Waals surface area contributed by atoms with Crippen LogP contribution in [0.2, 0.25) is 0 Å². The SMILES string of the molecule is O=C1NC(=Cc2ccc(-c3cccnc3F)o2)C(=O)N1C1CCCCCC1. The third kappa shape index (κ3) is 3.49. The number of carbonyl (C=O) groups excluding carboxylic acids is 2. The monoisotopic (exact) mass is 369 g/mol. The van der Waals surface area contributed by atoms with Gasteiger partial charge in [0.1, 0.15) is 17.2 Å². The lowest BCUT2D eigenvalue weighted by Crippen LogP contribution is -2.40. The van der Waals surface area contributed by atoms with Gasteiger partial charge in [-0.2, -0.15) is 4.39 Å². The molecule has 0 bridgehead atoms. The number of pyridine rings is 1. The molecule has 0 aromatic carbocycles. The number of imide groups is 1. The van der Waals surface area contributed by atoms with E-state index >= 15 is 0 Å². The lowest BCUT2D eigenvalue weighted by Gasteiger charge is -2.23. The van der Waals surface area contributed by atoms with E-state index in [1.807, 2.05) is 0 Å². The molecule has 2 aliphatic rings. The van der Waals surface area contributed by atoms with Gasteiger partial charge < -0.3 is 9.73 Å². The first-order valence-corrected chi connectivity index (χ1v) is 9.20. The van der Waals surface area contributed by atoms with Gasteiger partial charge in [0, 0.05) is 18.3 Å². The summed E-state index contributed by atoms with van der Waals surface area (Å²) in [7, 11) is 0. The fourth-order valence-corrected chi connectivity index (χ4v) is 3.68. The van der Waals surface area contributed by atoms with E-state index in [-0.39, 0.29) is 29.2 Å². The lowest BCUT2D eigenvalue weighted by molar-refractivity contribution is -0.124. The summed E-state index contributed by atoms with van der Waals surface area (Å²) in [6.07, 6.45) is 8.87. The van der Waals surface area contributed by atoms with Gasteiger partial charge in [-0.1, -0.05) is 25.7 Å². The average molecular weight is 369 g/mol. The molecular weight excluding hydrogens is 349 g/mol. The molecule has 1 aliphatic carbocycles. The van der Waals surface area contributed by atoms with Gasteiger partial charge >= 0.3 is 6.03 Å². The van der Waals surface area contributed by atoms with Crippen LogP contribution in [0, 0.1) is 5.95 Å². The van der Waals surface area contributed by atoms with E-state index in [9.17, 15) is 14.0 Å². The van der Waals surface area contributed by atoms with E-state index in [2.05, 4.69) is 10.3 Å². The third-order valence-electron chi connectivity index (χ3n) is 5.04. The molecule has 2 aromatic heterocycles. The van der Waals surface area contributed by atoms with Crippen LogP contribution in [0.5, 0.6) is 0 Å². The zero-order valence-electron chi connectivity index (χ0n) is 14.8. The van der Waals surface area contributed by atoms with Gasteiger partial charge in [-0.05, 0) is 37.1 Å². The Bertz CT molecular complexity index is 897. The largest absolute Gasteiger partial charge is 0.456 e. The smallest absolute Gasteiger partial charge is 0.329 e. The van der Waals surface area contributed by atoms with Crippen molar-refractivity contribution in [2.24, 2.45) is 0 Å². The molecule has 1 aliphatic heterocycles. The van der Waals surface area contributed by atoms with Crippen LogP contribution in [-0.4, -0.2) is 27.9 Å². The summed E-state index contributed by atoms with van der Waals surface area (Å²) < 4.78 is 19.4. The maximum absolute atomic E-state index is 13.8. The number of carbonyl (C=O) groups is 2. The second-order valence-corrected chi connectivity index (χ2v) is 6.85. The molecule has 0 radical (unpaired) electrons. The van der Waals surface area contributed by atoms with Crippen LogP contribution in [0.15, 0.2) is 40.6 Å². The zero-order valence-corrected chi connectivity index (χ0v) is 14.8. The summed E-state index contributed by atoms with van der Waals surface area (Å²) in [5.41, 5.74) is 0.417. The molecule has 6 nitrogen and oxygen atoms in total. The standard InChI is InChI=1S/C20H20FN3O3/c21-18-15(8-5-11-22-18)17-10-9-14(27-17)12-16-19(25)24(20(26)23-16)13-6-3-1-2-4-7-13/h5,8-13H,1-4,6-7H2,(H,23,26). The molecule has 140 valence electrons. The molecule has 0 atom stereocenters. The normalized spacial score (nSPS) is 20.2. The van der Waals surface area contributed by atoms with Crippen molar-refractivity contribution < 1.29 is 18.4 Å². The number of rotatable bonds is 3. The molecule has 0 unspecified atom stereocenters. The molecular formula is C20H20FN3O3. The van der Waals surface area contributed by atoms with Crippen molar-refractivity contribution in [3.05, 3.63) is 47.9 Å². The number of urea groups is 1. The number of nitrogens with zero attached hydrogens (tertiary/aromatic N) is 2. The van der Waals surface area contributed by atoms with Gasteiger partial charge in [0.2, 0.25) is 5.95 Å². The molecule has 0 spiro atoms. The molecule has 2 aromatic rings. The van der Waals surface area contributed by atoms with Gasteiger partial charge in [0.05, 0.1) is 5.56 Å². The number of amides is 3. The van der Waals surface area contributed by atoms with Crippen molar-refractivity contribution in [2.45, 2.75) is 44.6 Å². The molecule has 27 heavy (non-hydrogen) atoms. The van der Waals surface area contributed by atoms with Crippen LogP contribution >= 0.6 is 0 Å². The number of hydrogen-bond acceptors (Lipinski definition) is 4. The molecule has 3 heterocycles. The summed E-state index contributed by atoms with van der Waals surface area (Å²) >= 11 is 0. The first-order valence-electron chi connectivity index (χ1n) is 9.20. The number of furan rings is 1. The van der Waals surface area contributed by atoms with E-state index in [1.165, 1.54) is 17.2 Å². The molecule has 1 saturated heterocycles. The van der Waals surface area contributed by atoms with Gasteiger partial charge in [-0.15, -0.1) is 0 Å². The van der Waals surface area contributed by atoms with Crippen LogP contribution in [0.3, 0.4) is 0 Å². The molecule has 1 N–H and O–H groups in total. The predicted octanol–water partition coefficient (Wildman–Crippen LogP) is 4.10. The maximum Gasteiger partial charge on any atom is 0.329 e. The first kappa shape index (κ1) is 17.5. The Morgan fingerprint density at radius 2 is 1.93 bits per heavy atom. The summed E-state index contributed by atoms with van der Waals surface area (Å²) in [5.74, 6) is -0.294. The van der Waals surface area contributed by atoms with E-state index in [4.69, 9.17) is 4.42 Å². The Hall–Kier alpha value is -2.96. The maximum atomic E-state index is 13.8. The van der Waals surface area contributed by atoms with Crippen LogP contribution in [0.1, 0.15) is 44.3 Å². The predicted molar refractivity (Wildman–Crippen MR) is 96.7 cm³/mol. The van der Waals surface area contributed by atoms with Gasteiger partial charge in [-0.3, -0.25) is 9.69 Å². The first-order chi connectivity index (χ1) is 13.1. The topological polar surface area (TPSA) is 75.4 Å². The number of hydrogen-bond donors (Lipinski definition) is 1. The highest BCUT2D eigenvalue weighted by Crippen LogP contribution is 2.28. The minimum absolute atomic E-state index is 0.0532. The summed E-state index contributed by atoms with van der Waals surface area (Å²) in [5, 5.41) is 2.63. The van der Waals surface area contributed by atoms with Crippen molar-refractivity contribution >= 4 is 18.0 Å². The van der Waals surface area contributed by atoms with Crippen LogP contribution in [0.25, 0.3) is 17.4 Å². The van der Waals surface area contributed by atoms with E-state index in [0.717, 1.165) is 38.5 Å². The number of halogens is 1. The van der Waals surface area contributed by atoms with Crippen LogP contribution in [0.4, 0.5) is 9.18 Å². The molecule has 7 heteroatoms. The highest BCUT2D eigenvalue weighted by Gasteiger charge is 2.38. The van der Waals surface area contributed by atoms with E-state index < -0.39 is 5.95 Å². The molecule has 1 saturated carbocycles. The van der Waals surface area contributed by atoms with Gasteiger partial charge in [-0.25, -0.2) is 9.78 Å². The van der Waals surface area contributed by atoms with Crippen LogP contribution in [-0.2, 0) is 4.79 Å². The molecule has 4 rings (SSSR count). The Morgan fingerprint density at radius 3 is 2.67 bits per heavy atom. The minimum Gasteiger partial charge on any atom is -0.456 e. The van der Waals surface area contributed by atoms with Crippen molar-refractivity contribution in [3.8, 4) is 11.3 Å². The van der Waals surface area contributed by atoms with Crippen molar-refractivity contribution in [1.82, 2.24) is 15.2 Å². The Morgan fingerprint density at radius 1 is 1.15 bits per heavy atom. The summed E-state index contributed by atoms with van der Waals surface area (Å²) in [6.45, 7) is 0. The minimum atomic E-state index is -0.629. The summed E-state index contributed by atoms with van der Waals surface area (Å²) in [4.78, 5) is 30.0. The highest BCUT2D eigenvalue weighted by molar-refractivity contribution is 6.14. The number of nitrogens with one attached hydrogen (secondary N) is 1. The number of aromatic nitrogens is 1. The third-order valence-corrected chi connectivity index (χ3v) is 5.04. The van der Waals surface area contributed by atoms with Gasteiger partial charge in [0.15, 0.2) is 0 Å². The van der Waals surface area contributed by atoms with Crippen molar-refractivity contribution in [3.63, 3.8) is 0 Å². The zero-order chi connectivity index (χ0) is 18.8. The fraction of sp³-hybridized carbons (Fsp3) is 0.350. The lowest BCUT2D eigenvalue weighted by atomic mass is 10.1. The molecule has 2 fully saturated rings. The highest BCUT2D eigenvalue weighted by atomic mass is 19.1. The van der Waals surface area contributed by atoms with E-state index in [1.54, 1.807) is 24.3 Å². The van der Waals surface area contributed by atoms with E-state index in [0.29, 0.717) is 11.5 Å². The van der Waals surface area contributed by atoms with Crippen LogP contribution < -0.4 is 5.32 Å².